The Morgan fingerprint density at radius 2 is 1.28 bits per heavy atom. The van der Waals surface area contributed by atoms with Crippen LogP contribution < -0.4 is 15.4 Å². The highest BCUT2D eigenvalue weighted by atomic mass is 16.5. The van der Waals surface area contributed by atoms with E-state index in [1.54, 1.807) is 0 Å². The Labute approximate surface area is 189 Å². The molecule has 2 N–H and O–H groups in total. The maximum atomic E-state index is 13.0. The van der Waals surface area contributed by atoms with Gasteiger partial charge in [-0.05, 0) is 48.6 Å². The molecule has 0 aromatic heterocycles. The fourth-order valence-electron chi connectivity index (χ4n) is 3.61. The van der Waals surface area contributed by atoms with Crippen LogP contribution in [0.2, 0.25) is 0 Å². The molecule has 0 fully saturated rings. The van der Waals surface area contributed by atoms with Gasteiger partial charge >= 0.3 is 0 Å². The van der Waals surface area contributed by atoms with Gasteiger partial charge in [-0.1, -0.05) is 72.8 Å². The number of aryl methyl sites for hydroxylation is 2. The standard InChI is InChI=1S/C27H30N2O3/c1-19-14-15-20(2)26(21(19)3)32-18-24(30)28-16-17-29-27(31)25(22-10-6-4-7-11-22)23-12-8-5-9-13-23/h4-15,25H,16-18H2,1-3H3,(H,28,30)(H,29,31). The number of carbonyl (C=O) groups is 2. The molecule has 5 heteroatoms. The molecule has 0 aliphatic carbocycles. The van der Waals surface area contributed by atoms with E-state index in [0.29, 0.717) is 13.1 Å². The summed E-state index contributed by atoms with van der Waals surface area (Å²) < 4.78 is 5.74. The first-order valence-corrected chi connectivity index (χ1v) is 10.8. The Balaban J connectivity index is 1.50. The highest BCUT2D eigenvalue weighted by Gasteiger charge is 2.22. The first kappa shape index (κ1) is 23.1. The highest BCUT2D eigenvalue weighted by Crippen LogP contribution is 2.26. The summed E-state index contributed by atoms with van der Waals surface area (Å²) in [5.74, 6) is 0.0341. The second-order valence-corrected chi connectivity index (χ2v) is 7.84. The summed E-state index contributed by atoms with van der Waals surface area (Å²) in [6, 6.07) is 23.4. The summed E-state index contributed by atoms with van der Waals surface area (Å²) in [5.41, 5.74) is 5.02. The normalized spacial score (nSPS) is 10.6. The van der Waals surface area contributed by atoms with Gasteiger partial charge in [-0.3, -0.25) is 9.59 Å². The monoisotopic (exact) mass is 430 g/mol. The van der Waals surface area contributed by atoms with E-state index in [9.17, 15) is 9.59 Å². The summed E-state index contributed by atoms with van der Waals surface area (Å²) in [7, 11) is 0. The fraction of sp³-hybridized carbons (Fsp3) is 0.259. The van der Waals surface area contributed by atoms with Gasteiger partial charge in [0.1, 0.15) is 5.75 Å². The van der Waals surface area contributed by atoms with E-state index in [0.717, 1.165) is 33.6 Å². The third kappa shape index (κ3) is 5.97. The van der Waals surface area contributed by atoms with Crippen LogP contribution >= 0.6 is 0 Å². The van der Waals surface area contributed by atoms with Gasteiger partial charge in [0.2, 0.25) is 5.91 Å². The van der Waals surface area contributed by atoms with Crippen molar-refractivity contribution in [3.05, 3.63) is 101 Å². The number of benzene rings is 3. The van der Waals surface area contributed by atoms with Crippen LogP contribution in [-0.4, -0.2) is 31.5 Å². The summed E-state index contributed by atoms with van der Waals surface area (Å²) in [6.45, 7) is 6.57. The van der Waals surface area contributed by atoms with Crippen molar-refractivity contribution < 1.29 is 14.3 Å². The molecule has 2 amide bonds. The molecule has 3 rings (SSSR count). The van der Waals surface area contributed by atoms with Crippen LogP contribution in [-0.2, 0) is 9.59 Å². The Hall–Kier alpha value is -3.60. The minimum atomic E-state index is -0.399. The van der Waals surface area contributed by atoms with Crippen molar-refractivity contribution in [1.29, 1.82) is 0 Å². The molecule has 0 radical (unpaired) electrons. The van der Waals surface area contributed by atoms with Crippen LogP contribution in [0.4, 0.5) is 0 Å². The van der Waals surface area contributed by atoms with Crippen LogP contribution in [0, 0.1) is 20.8 Å². The van der Waals surface area contributed by atoms with E-state index in [1.807, 2.05) is 93.6 Å². The molecule has 0 saturated heterocycles. The molecular formula is C27H30N2O3. The lowest BCUT2D eigenvalue weighted by Crippen LogP contribution is -2.38. The van der Waals surface area contributed by atoms with Gasteiger partial charge < -0.3 is 15.4 Å². The van der Waals surface area contributed by atoms with E-state index in [-0.39, 0.29) is 18.4 Å². The number of nitrogens with one attached hydrogen (secondary N) is 2. The molecule has 0 unspecified atom stereocenters. The first-order valence-electron chi connectivity index (χ1n) is 10.8. The summed E-state index contributed by atoms with van der Waals surface area (Å²) >= 11 is 0. The summed E-state index contributed by atoms with van der Waals surface area (Å²) in [4.78, 5) is 25.2. The molecule has 0 aliphatic heterocycles. The van der Waals surface area contributed by atoms with E-state index in [4.69, 9.17) is 4.74 Å². The zero-order chi connectivity index (χ0) is 22.9. The van der Waals surface area contributed by atoms with Gasteiger partial charge in [0, 0.05) is 13.1 Å². The maximum absolute atomic E-state index is 13.0. The minimum absolute atomic E-state index is 0.0598. The van der Waals surface area contributed by atoms with Crippen molar-refractivity contribution in [2.24, 2.45) is 0 Å². The van der Waals surface area contributed by atoms with Gasteiger partial charge in [-0.25, -0.2) is 0 Å². The van der Waals surface area contributed by atoms with Crippen molar-refractivity contribution in [2.45, 2.75) is 26.7 Å². The first-order chi connectivity index (χ1) is 15.5. The lowest BCUT2D eigenvalue weighted by atomic mass is 9.90. The van der Waals surface area contributed by atoms with E-state index in [1.165, 1.54) is 0 Å². The average molecular weight is 431 g/mol. The van der Waals surface area contributed by atoms with E-state index in [2.05, 4.69) is 10.6 Å². The maximum Gasteiger partial charge on any atom is 0.258 e. The third-order valence-electron chi connectivity index (χ3n) is 5.50. The van der Waals surface area contributed by atoms with Gasteiger partial charge in [-0.15, -0.1) is 0 Å². The predicted molar refractivity (Wildman–Crippen MR) is 127 cm³/mol. The smallest absolute Gasteiger partial charge is 0.258 e. The van der Waals surface area contributed by atoms with E-state index >= 15 is 0 Å². The number of carbonyl (C=O) groups excluding carboxylic acids is 2. The molecule has 5 nitrogen and oxygen atoms in total. The molecule has 0 saturated carbocycles. The van der Waals surface area contributed by atoms with Crippen molar-refractivity contribution in [2.75, 3.05) is 19.7 Å². The third-order valence-corrected chi connectivity index (χ3v) is 5.50. The largest absolute Gasteiger partial charge is 0.483 e. The zero-order valence-electron chi connectivity index (χ0n) is 18.9. The molecule has 3 aromatic carbocycles. The van der Waals surface area contributed by atoms with Crippen LogP contribution in [0.3, 0.4) is 0 Å². The number of ether oxygens (including phenoxy) is 1. The predicted octanol–water partition coefficient (Wildman–Crippen LogP) is 4.06. The molecule has 32 heavy (non-hydrogen) atoms. The van der Waals surface area contributed by atoms with Crippen LogP contribution in [0.1, 0.15) is 33.7 Å². The number of amides is 2. The molecule has 3 aromatic rings. The van der Waals surface area contributed by atoms with Crippen molar-refractivity contribution in [3.63, 3.8) is 0 Å². The molecule has 0 heterocycles. The second-order valence-electron chi connectivity index (χ2n) is 7.84. The van der Waals surface area contributed by atoms with Crippen LogP contribution in [0.15, 0.2) is 72.8 Å². The molecule has 0 atom stereocenters. The average Bonchev–Trinajstić information content (AvgIpc) is 2.81. The van der Waals surface area contributed by atoms with Gasteiger partial charge in [0.05, 0.1) is 5.92 Å². The fourth-order valence-corrected chi connectivity index (χ4v) is 3.61. The molecule has 0 bridgehead atoms. The quantitative estimate of drug-likeness (QED) is 0.503. The van der Waals surface area contributed by atoms with Crippen LogP contribution in [0.25, 0.3) is 0 Å². The number of hydrogen-bond acceptors (Lipinski definition) is 3. The SMILES string of the molecule is Cc1ccc(C)c(OCC(=O)NCCNC(=O)C(c2ccccc2)c2ccccc2)c1C. The molecule has 0 spiro atoms. The van der Waals surface area contributed by atoms with Gasteiger partial charge in [0.25, 0.3) is 5.91 Å². The summed E-state index contributed by atoms with van der Waals surface area (Å²) in [6.07, 6.45) is 0. The van der Waals surface area contributed by atoms with Crippen LogP contribution in [0.5, 0.6) is 5.75 Å². The topological polar surface area (TPSA) is 67.4 Å². The van der Waals surface area contributed by atoms with Crippen molar-refractivity contribution in [3.8, 4) is 5.75 Å². The number of hydrogen-bond donors (Lipinski definition) is 2. The zero-order valence-corrected chi connectivity index (χ0v) is 18.9. The Kier molecular flexibility index (Phi) is 8.03. The van der Waals surface area contributed by atoms with Gasteiger partial charge in [0.15, 0.2) is 6.61 Å². The lowest BCUT2D eigenvalue weighted by Gasteiger charge is -2.18. The van der Waals surface area contributed by atoms with Crippen molar-refractivity contribution >= 4 is 11.8 Å². The minimum Gasteiger partial charge on any atom is -0.483 e. The number of rotatable bonds is 9. The summed E-state index contributed by atoms with van der Waals surface area (Å²) in [5, 5.41) is 5.74. The highest BCUT2D eigenvalue weighted by molar-refractivity contribution is 5.87. The molecular weight excluding hydrogens is 400 g/mol. The van der Waals surface area contributed by atoms with Crippen molar-refractivity contribution in [1.82, 2.24) is 10.6 Å². The Morgan fingerprint density at radius 3 is 1.88 bits per heavy atom. The molecule has 166 valence electrons. The molecule has 0 aliphatic rings. The Bertz CT molecular complexity index is 1010. The second kappa shape index (κ2) is 11.1. The lowest BCUT2D eigenvalue weighted by molar-refractivity contribution is -0.124. The van der Waals surface area contributed by atoms with E-state index < -0.39 is 5.92 Å². The van der Waals surface area contributed by atoms with Gasteiger partial charge in [-0.2, -0.15) is 0 Å². The Morgan fingerprint density at radius 1 is 0.750 bits per heavy atom.